The van der Waals surface area contributed by atoms with E-state index < -0.39 is 0 Å². The minimum Gasteiger partial charge on any atom is -0.508 e. The fourth-order valence-corrected chi connectivity index (χ4v) is 2.06. The van der Waals surface area contributed by atoms with Crippen molar-refractivity contribution in [3.63, 3.8) is 0 Å². The fraction of sp³-hybridized carbons (Fsp3) is 0.333. The normalized spacial score (nSPS) is 20.9. The first kappa shape index (κ1) is 7.95. The standard InChI is InChI=1S/C9H10O2S/c1-12-9-8-4-7(10)3-2-6(8)5-11-9/h2-4,9-10H,5H2,1H3. The largest absolute Gasteiger partial charge is 0.508 e. The van der Waals surface area contributed by atoms with E-state index in [9.17, 15) is 5.11 Å². The molecule has 1 aromatic rings. The molecule has 12 heavy (non-hydrogen) atoms. The lowest BCUT2D eigenvalue weighted by Gasteiger charge is -2.06. The van der Waals surface area contributed by atoms with Crippen LogP contribution in [0.4, 0.5) is 0 Å². The maximum absolute atomic E-state index is 9.24. The maximum atomic E-state index is 9.24. The van der Waals surface area contributed by atoms with Gasteiger partial charge in [0.25, 0.3) is 0 Å². The van der Waals surface area contributed by atoms with E-state index in [1.54, 1.807) is 23.9 Å². The first-order valence-corrected chi connectivity index (χ1v) is 5.06. The van der Waals surface area contributed by atoms with Gasteiger partial charge in [-0.2, -0.15) is 0 Å². The molecule has 3 heteroatoms. The Morgan fingerprint density at radius 3 is 3.17 bits per heavy atom. The van der Waals surface area contributed by atoms with Crippen LogP contribution >= 0.6 is 11.8 Å². The molecule has 0 spiro atoms. The number of rotatable bonds is 1. The Balaban J connectivity index is 2.42. The molecular formula is C9H10O2S. The van der Waals surface area contributed by atoms with Crippen LogP contribution in [0, 0.1) is 0 Å². The quantitative estimate of drug-likeness (QED) is 0.722. The lowest BCUT2D eigenvalue weighted by atomic mass is 10.1. The lowest BCUT2D eigenvalue weighted by molar-refractivity contribution is 0.127. The summed E-state index contributed by atoms with van der Waals surface area (Å²) in [6.45, 7) is 0.668. The SMILES string of the molecule is CSC1OCc2ccc(O)cc21. The number of phenols is 1. The topological polar surface area (TPSA) is 29.5 Å². The summed E-state index contributed by atoms with van der Waals surface area (Å²) in [4.78, 5) is 0. The Kier molecular flexibility index (Phi) is 1.98. The molecule has 0 fully saturated rings. The van der Waals surface area contributed by atoms with Crippen LogP contribution in [0.3, 0.4) is 0 Å². The highest BCUT2D eigenvalue weighted by molar-refractivity contribution is 7.98. The number of fused-ring (bicyclic) bond motifs is 1. The van der Waals surface area contributed by atoms with Gasteiger partial charge in [-0.3, -0.25) is 0 Å². The van der Waals surface area contributed by atoms with Crippen molar-refractivity contribution in [1.29, 1.82) is 0 Å². The van der Waals surface area contributed by atoms with Crippen molar-refractivity contribution in [2.45, 2.75) is 12.0 Å². The van der Waals surface area contributed by atoms with Gasteiger partial charge >= 0.3 is 0 Å². The van der Waals surface area contributed by atoms with Crippen molar-refractivity contribution in [2.24, 2.45) is 0 Å². The lowest BCUT2D eigenvalue weighted by Crippen LogP contribution is -1.87. The second kappa shape index (κ2) is 2.99. The van der Waals surface area contributed by atoms with E-state index in [0.717, 1.165) is 5.56 Å². The predicted octanol–water partition coefficient (Wildman–Crippen LogP) is 2.28. The van der Waals surface area contributed by atoms with E-state index in [1.807, 2.05) is 12.3 Å². The van der Waals surface area contributed by atoms with Gasteiger partial charge in [0.2, 0.25) is 0 Å². The molecule has 1 aromatic carbocycles. The molecule has 0 aliphatic carbocycles. The summed E-state index contributed by atoms with van der Waals surface area (Å²) in [5.41, 5.74) is 2.40. The highest BCUT2D eigenvalue weighted by atomic mass is 32.2. The number of thioether (sulfide) groups is 1. The third-order valence-electron chi connectivity index (χ3n) is 1.99. The van der Waals surface area contributed by atoms with Crippen molar-refractivity contribution in [2.75, 3.05) is 6.26 Å². The molecule has 0 saturated heterocycles. The zero-order valence-corrected chi connectivity index (χ0v) is 7.60. The number of benzene rings is 1. The van der Waals surface area contributed by atoms with E-state index in [2.05, 4.69) is 0 Å². The summed E-state index contributed by atoms with van der Waals surface area (Å²) >= 11 is 1.65. The summed E-state index contributed by atoms with van der Waals surface area (Å²) in [5.74, 6) is 0.318. The Hall–Kier alpha value is -0.670. The van der Waals surface area contributed by atoms with Crippen molar-refractivity contribution >= 4 is 11.8 Å². The van der Waals surface area contributed by atoms with Gasteiger partial charge in [-0.05, 0) is 24.0 Å². The van der Waals surface area contributed by atoms with E-state index in [1.165, 1.54) is 5.56 Å². The van der Waals surface area contributed by atoms with Gasteiger partial charge in [-0.1, -0.05) is 6.07 Å². The van der Waals surface area contributed by atoms with Crippen molar-refractivity contribution in [3.8, 4) is 5.75 Å². The first-order chi connectivity index (χ1) is 5.81. The van der Waals surface area contributed by atoms with Crippen molar-refractivity contribution < 1.29 is 9.84 Å². The number of aromatic hydroxyl groups is 1. The van der Waals surface area contributed by atoms with E-state index in [4.69, 9.17) is 4.74 Å². The van der Waals surface area contributed by atoms with Gasteiger partial charge in [0.1, 0.15) is 11.2 Å². The first-order valence-electron chi connectivity index (χ1n) is 3.77. The van der Waals surface area contributed by atoms with Gasteiger partial charge in [0, 0.05) is 5.56 Å². The molecule has 0 saturated carbocycles. The molecule has 1 aliphatic rings. The molecule has 64 valence electrons. The average Bonchev–Trinajstić information content (AvgIpc) is 2.46. The van der Waals surface area contributed by atoms with Gasteiger partial charge in [0.15, 0.2) is 0 Å². The minimum absolute atomic E-state index is 0.104. The number of hydrogen-bond acceptors (Lipinski definition) is 3. The van der Waals surface area contributed by atoms with Gasteiger partial charge in [-0.25, -0.2) is 0 Å². The molecule has 0 radical (unpaired) electrons. The summed E-state index contributed by atoms with van der Waals surface area (Å²) in [6, 6.07) is 5.40. The molecule has 1 aliphatic heterocycles. The van der Waals surface area contributed by atoms with Crippen LogP contribution in [0.15, 0.2) is 18.2 Å². The number of hydrogen-bond donors (Lipinski definition) is 1. The van der Waals surface area contributed by atoms with Crippen LogP contribution in [-0.2, 0) is 11.3 Å². The van der Waals surface area contributed by atoms with E-state index in [0.29, 0.717) is 12.4 Å². The molecule has 1 atom stereocenters. The second-order valence-electron chi connectivity index (χ2n) is 2.76. The molecule has 2 rings (SSSR count). The predicted molar refractivity (Wildman–Crippen MR) is 49.2 cm³/mol. The molecule has 1 unspecified atom stereocenters. The maximum Gasteiger partial charge on any atom is 0.129 e. The zero-order chi connectivity index (χ0) is 8.55. The number of ether oxygens (including phenoxy) is 1. The Morgan fingerprint density at radius 2 is 2.42 bits per heavy atom. The molecule has 1 heterocycles. The number of phenolic OH excluding ortho intramolecular Hbond substituents is 1. The summed E-state index contributed by atoms with van der Waals surface area (Å²) < 4.78 is 5.48. The van der Waals surface area contributed by atoms with Crippen molar-refractivity contribution in [3.05, 3.63) is 29.3 Å². The third kappa shape index (κ3) is 1.19. The monoisotopic (exact) mass is 182 g/mol. The van der Waals surface area contributed by atoms with Gasteiger partial charge < -0.3 is 9.84 Å². The molecule has 1 N–H and O–H groups in total. The second-order valence-corrected chi connectivity index (χ2v) is 3.66. The molecule has 0 bridgehead atoms. The van der Waals surface area contributed by atoms with E-state index >= 15 is 0 Å². The minimum atomic E-state index is 0.104. The highest BCUT2D eigenvalue weighted by Crippen LogP contribution is 2.38. The van der Waals surface area contributed by atoms with Gasteiger partial charge in [0.05, 0.1) is 6.61 Å². The Morgan fingerprint density at radius 1 is 1.58 bits per heavy atom. The van der Waals surface area contributed by atoms with Crippen LogP contribution in [0.5, 0.6) is 5.75 Å². The van der Waals surface area contributed by atoms with Crippen LogP contribution in [0.25, 0.3) is 0 Å². The molecule has 2 nitrogen and oxygen atoms in total. The van der Waals surface area contributed by atoms with Crippen LogP contribution in [0.2, 0.25) is 0 Å². The molecule has 0 aromatic heterocycles. The van der Waals surface area contributed by atoms with Crippen LogP contribution in [0.1, 0.15) is 16.6 Å². The molecule has 0 amide bonds. The average molecular weight is 182 g/mol. The smallest absolute Gasteiger partial charge is 0.129 e. The van der Waals surface area contributed by atoms with Crippen LogP contribution < -0.4 is 0 Å². The van der Waals surface area contributed by atoms with E-state index in [-0.39, 0.29) is 5.44 Å². The summed E-state index contributed by atoms with van der Waals surface area (Å²) in [6.07, 6.45) is 2.00. The summed E-state index contributed by atoms with van der Waals surface area (Å²) in [5, 5.41) is 9.24. The third-order valence-corrected chi connectivity index (χ3v) is 2.81. The zero-order valence-electron chi connectivity index (χ0n) is 6.78. The van der Waals surface area contributed by atoms with Gasteiger partial charge in [-0.15, -0.1) is 11.8 Å². The Labute approximate surface area is 75.6 Å². The fourth-order valence-electron chi connectivity index (χ4n) is 1.38. The highest BCUT2D eigenvalue weighted by Gasteiger charge is 2.22. The van der Waals surface area contributed by atoms with Crippen molar-refractivity contribution in [1.82, 2.24) is 0 Å². The molecular weight excluding hydrogens is 172 g/mol. The summed E-state index contributed by atoms with van der Waals surface area (Å²) in [7, 11) is 0. The van der Waals surface area contributed by atoms with Crippen LogP contribution in [-0.4, -0.2) is 11.4 Å². The Bertz CT molecular complexity index is 299.